The molecule has 3 aromatic carbocycles. The Hall–Kier alpha value is -3.39. The van der Waals surface area contributed by atoms with Gasteiger partial charge in [-0.3, -0.25) is 4.79 Å². The van der Waals surface area contributed by atoms with Gasteiger partial charge in [-0.2, -0.15) is 0 Å². The fourth-order valence-corrected chi connectivity index (χ4v) is 4.40. The van der Waals surface area contributed by atoms with Crippen molar-refractivity contribution in [1.82, 2.24) is 4.90 Å². The van der Waals surface area contributed by atoms with Crippen molar-refractivity contribution in [3.05, 3.63) is 101 Å². The second-order valence-corrected chi connectivity index (χ2v) is 8.81. The van der Waals surface area contributed by atoms with Crippen LogP contribution >= 0.6 is 11.6 Å². The highest BCUT2D eigenvalue weighted by molar-refractivity contribution is 6.31. The Morgan fingerprint density at radius 3 is 2.39 bits per heavy atom. The van der Waals surface area contributed by atoms with Crippen molar-refractivity contribution in [2.24, 2.45) is 0 Å². The van der Waals surface area contributed by atoms with Gasteiger partial charge in [0.2, 0.25) is 0 Å². The number of imide groups is 1. The summed E-state index contributed by atoms with van der Waals surface area (Å²) in [4.78, 5) is 27.0. The number of hydrogen-bond donors (Lipinski definition) is 1. The molecule has 0 aromatic heterocycles. The summed E-state index contributed by atoms with van der Waals surface area (Å²) >= 11 is 6.47. The first-order valence-corrected chi connectivity index (χ1v) is 12.1. The van der Waals surface area contributed by atoms with Gasteiger partial charge in [0.1, 0.15) is 25.1 Å². The number of carbonyl (C=O) groups excluding carboxylic acids is 2. The second kappa shape index (κ2) is 12.0. The van der Waals surface area contributed by atoms with Crippen LogP contribution in [0.1, 0.15) is 29.7 Å². The van der Waals surface area contributed by atoms with Crippen LogP contribution in [0.4, 0.5) is 4.79 Å². The van der Waals surface area contributed by atoms with Gasteiger partial charge in [0, 0.05) is 12.2 Å². The zero-order valence-corrected chi connectivity index (χ0v) is 20.6. The summed E-state index contributed by atoms with van der Waals surface area (Å²) in [7, 11) is 0. The van der Waals surface area contributed by atoms with Crippen LogP contribution in [0.2, 0.25) is 5.02 Å². The number of rotatable bonds is 10. The molecule has 188 valence electrons. The SMILES string of the molecule is CCO[C@H](C(=O)N1C(=O)OC[C@@H]1Cc1ccccc1)[C@H](O)c1ccc(OCc2ccccc2)cc1Cl. The van der Waals surface area contributed by atoms with Crippen molar-refractivity contribution in [2.45, 2.75) is 38.2 Å². The number of nitrogens with zero attached hydrogens (tertiary/aromatic N) is 1. The van der Waals surface area contributed by atoms with Crippen molar-refractivity contribution >= 4 is 23.6 Å². The molecule has 1 fully saturated rings. The standard InChI is InChI=1S/C28H28ClNO6/c1-2-34-26(27(32)30-21(18-36-28(30)33)15-19-9-5-3-6-10-19)25(31)23-14-13-22(16-24(23)29)35-17-20-11-7-4-8-12-20/h3-14,16,21,25-26,31H,2,15,17-18H2,1H3/t21-,25+,26-/m0/s1. The van der Waals surface area contributed by atoms with Crippen molar-refractivity contribution in [2.75, 3.05) is 13.2 Å². The third-order valence-corrected chi connectivity index (χ3v) is 6.26. The summed E-state index contributed by atoms with van der Waals surface area (Å²) in [6.07, 6.45) is -3.07. The highest BCUT2D eigenvalue weighted by atomic mass is 35.5. The molecule has 1 N–H and O–H groups in total. The van der Waals surface area contributed by atoms with Gasteiger partial charge < -0.3 is 19.3 Å². The van der Waals surface area contributed by atoms with Gasteiger partial charge in [-0.05, 0) is 36.6 Å². The zero-order chi connectivity index (χ0) is 25.5. The van der Waals surface area contributed by atoms with E-state index in [4.69, 9.17) is 25.8 Å². The first-order valence-electron chi connectivity index (χ1n) is 11.8. The fraction of sp³-hybridized carbons (Fsp3) is 0.286. The molecule has 0 saturated carbocycles. The Morgan fingerprint density at radius 1 is 1.08 bits per heavy atom. The van der Waals surface area contributed by atoms with E-state index < -0.39 is 30.3 Å². The van der Waals surface area contributed by atoms with Crippen LogP contribution in [-0.2, 0) is 27.3 Å². The Morgan fingerprint density at radius 2 is 1.75 bits per heavy atom. The van der Waals surface area contributed by atoms with Gasteiger partial charge in [-0.1, -0.05) is 78.3 Å². The summed E-state index contributed by atoms with van der Waals surface area (Å²) < 4.78 is 16.6. The number of hydrogen-bond acceptors (Lipinski definition) is 6. The molecule has 36 heavy (non-hydrogen) atoms. The molecule has 1 heterocycles. The quantitative estimate of drug-likeness (QED) is 0.416. The Balaban J connectivity index is 1.49. The molecule has 0 unspecified atom stereocenters. The molecular weight excluding hydrogens is 482 g/mol. The molecule has 2 amide bonds. The van der Waals surface area contributed by atoms with Crippen molar-refractivity contribution < 1.29 is 28.9 Å². The number of cyclic esters (lactones) is 1. The maximum absolute atomic E-state index is 13.5. The molecule has 0 aliphatic carbocycles. The van der Waals surface area contributed by atoms with Gasteiger partial charge in [-0.25, -0.2) is 9.69 Å². The van der Waals surface area contributed by atoms with Crippen LogP contribution in [0.3, 0.4) is 0 Å². The summed E-state index contributed by atoms with van der Waals surface area (Å²) in [6.45, 7) is 2.29. The number of carbonyl (C=O) groups is 2. The van der Waals surface area contributed by atoms with Gasteiger partial charge in [0.05, 0.1) is 11.1 Å². The molecule has 1 saturated heterocycles. The predicted molar refractivity (Wildman–Crippen MR) is 135 cm³/mol. The largest absolute Gasteiger partial charge is 0.489 e. The molecule has 1 aliphatic rings. The van der Waals surface area contributed by atoms with Crippen LogP contribution in [0, 0.1) is 0 Å². The average molecular weight is 510 g/mol. The maximum Gasteiger partial charge on any atom is 0.417 e. The summed E-state index contributed by atoms with van der Waals surface area (Å²) in [6, 6.07) is 23.5. The first-order chi connectivity index (χ1) is 17.5. The topological polar surface area (TPSA) is 85.3 Å². The van der Waals surface area contributed by atoms with E-state index in [1.54, 1.807) is 25.1 Å². The lowest BCUT2D eigenvalue weighted by Gasteiger charge is -2.28. The van der Waals surface area contributed by atoms with Crippen molar-refractivity contribution in [1.29, 1.82) is 0 Å². The average Bonchev–Trinajstić information content (AvgIpc) is 3.26. The smallest absolute Gasteiger partial charge is 0.417 e. The normalized spacial score (nSPS) is 16.9. The predicted octanol–water partition coefficient (Wildman–Crippen LogP) is 4.95. The molecule has 0 spiro atoms. The summed E-state index contributed by atoms with van der Waals surface area (Å²) in [5, 5.41) is 11.4. The Bertz CT molecular complexity index is 1170. The van der Waals surface area contributed by atoms with E-state index in [2.05, 4.69) is 0 Å². The molecule has 3 aromatic rings. The minimum Gasteiger partial charge on any atom is -0.489 e. The lowest BCUT2D eigenvalue weighted by molar-refractivity contribution is -0.149. The van der Waals surface area contributed by atoms with E-state index in [1.165, 1.54) is 0 Å². The molecule has 0 bridgehead atoms. The summed E-state index contributed by atoms with van der Waals surface area (Å²) in [5.74, 6) is -0.154. The molecule has 3 atom stereocenters. The first kappa shape index (κ1) is 25.7. The van der Waals surface area contributed by atoms with Gasteiger partial charge in [0.15, 0.2) is 6.10 Å². The van der Waals surface area contributed by atoms with E-state index in [0.29, 0.717) is 24.3 Å². The van der Waals surface area contributed by atoms with E-state index in [0.717, 1.165) is 16.0 Å². The Kier molecular flexibility index (Phi) is 8.59. The van der Waals surface area contributed by atoms with E-state index >= 15 is 0 Å². The number of benzene rings is 3. The highest BCUT2D eigenvalue weighted by Gasteiger charge is 2.44. The van der Waals surface area contributed by atoms with Crippen molar-refractivity contribution in [3.8, 4) is 5.75 Å². The lowest BCUT2D eigenvalue weighted by atomic mass is 10.0. The Labute approximate surface area is 215 Å². The molecule has 4 rings (SSSR count). The fourth-order valence-electron chi connectivity index (χ4n) is 4.12. The number of aliphatic hydroxyl groups excluding tert-OH is 1. The third-order valence-electron chi connectivity index (χ3n) is 5.93. The molecule has 1 aliphatic heterocycles. The minimum absolute atomic E-state index is 0.0720. The number of ether oxygens (including phenoxy) is 3. The summed E-state index contributed by atoms with van der Waals surface area (Å²) in [5.41, 5.74) is 2.26. The third kappa shape index (κ3) is 6.05. The molecular formula is C28H28ClNO6. The van der Waals surface area contributed by atoms with Gasteiger partial charge in [0.25, 0.3) is 5.91 Å². The van der Waals surface area contributed by atoms with Crippen LogP contribution < -0.4 is 4.74 Å². The monoisotopic (exact) mass is 509 g/mol. The minimum atomic E-state index is -1.40. The lowest BCUT2D eigenvalue weighted by Crippen LogP contribution is -2.48. The molecule has 7 nitrogen and oxygen atoms in total. The van der Waals surface area contributed by atoms with Crippen LogP contribution in [-0.4, -0.2) is 47.4 Å². The van der Waals surface area contributed by atoms with Gasteiger partial charge >= 0.3 is 6.09 Å². The van der Waals surface area contributed by atoms with Crippen LogP contribution in [0.5, 0.6) is 5.75 Å². The zero-order valence-electron chi connectivity index (χ0n) is 19.9. The van der Waals surface area contributed by atoms with E-state index in [1.807, 2.05) is 60.7 Å². The van der Waals surface area contributed by atoms with Crippen LogP contribution in [0.15, 0.2) is 78.9 Å². The molecule has 0 radical (unpaired) electrons. The number of amides is 2. The number of aliphatic hydroxyl groups is 1. The number of halogens is 1. The van der Waals surface area contributed by atoms with Crippen molar-refractivity contribution in [3.63, 3.8) is 0 Å². The van der Waals surface area contributed by atoms with E-state index in [-0.39, 0.29) is 18.2 Å². The van der Waals surface area contributed by atoms with Gasteiger partial charge in [-0.15, -0.1) is 0 Å². The maximum atomic E-state index is 13.5. The highest BCUT2D eigenvalue weighted by Crippen LogP contribution is 2.32. The van der Waals surface area contributed by atoms with Crippen LogP contribution in [0.25, 0.3) is 0 Å². The molecule has 8 heteroatoms. The second-order valence-electron chi connectivity index (χ2n) is 8.41. The van der Waals surface area contributed by atoms with E-state index in [9.17, 15) is 14.7 Å².